The lowest BCUT2D eigenvalue weighted by molar-refractivity contribution is 0.735. The third kappa shape index (κ3) is 2.85. The molecule has 0 amide bonds. The second kappa shape index (κ2) is 5.91. The van der Waals surface area contributed by atoms with E-state index in [9.17, 15) is 0 Å². The van der Waals surface area contributed by atoms with Gasteiger partial charge in [-0.3, -0.25) is 4.68 Å². The molecule has 0 saturated carbocycles. The number of aryl methyl sites for hydroxylation is 2. The van der Waals surface area contributed by atoms with Crippen molar-refractivity contribution in [2.24, 2.45) is 7.05 Å². The zero-order valence-corrected chi connectivity index (χ0v) is 11.8. The summed E-state index contributed by atoms with van der Waals surface area (Å²) in [6.07, 6.45) is 3.02. The second-order valence-corrected chi connectivity index (χ2v) is 5.37. The standard InChI is InChI=1S/C13H20N4S/c1-3-5-11-12(14)13(17(2)16-11)15-8-7-10-6-4-9-18-10/h4,6,9,15H,3,5,7-8,14H2,1-2H3. The molecule has 2 aromatic rings. The Hall–Kier alpha value is -1.49. The minimum Gasteiger partial charge on any atom is -0.394 e. The van der Waals surface area contributed by atoms with E-state index in [0.29, 0.717) is 0 Å². The highest BCUT2D eigenvalue weighted by atomic mass is 32.1. The van der Waals surface area contributed by atoms with E-state index in [0.717, 1.165) is 43.0 Å². The molecule has 0 radical (unpaired) electrons. The van der Waals surface area contributed by atoms with Crippen molar-refractivity contribution < 1.29 is 0 Å². The number of rotatable bonds is 6. The molecule has 0 aliphatic heterocycles. The highest BCUT2D eigenvalue weighted by Crippen LogP contribution is 2.23. The fourth-order valence-electron chi connectivity index (χ4n) is 1.99. The molecule has 2 heterocycles. The van der Waals surface area contributed by atoms with Gasteiger partial charge in [-0.2, -0.15) is 5.10 Å². The molecular formula is C13H20N4S. The minimum absolute atomic E-state index is 0.797. The van der Waals surface area contributed by atoms with Crippen LogP contribution in [0.4, 0.5) is 11.5 Å². The van der Waals surface area contributed by atoms with Crippen molar-refractivity contribution in [3.63, 3.8) is 0 Å². The maximum absolute atomic E-state index is 6.11. The van der Waals surface area contributed by atoms with E-state index >= 15 is 0 Å². The zero-order chi connectivity index (χ0) is 13.0. The van der Waals surface area contributed by atoms with E-state index in [1.54, 1.807) is 11.3 Å². The Morgan fingerprint density at radius 2 is 2.28 bits per heavy atom. The predicted octanol–water partition coefficient (Wildman–Crippen LogP) is 2.67. The average molecular weight is 264 g/mol. The topological polar surface area (TPSA) is 55.9 Å². The normalized spacial score (nSPS) is 10.8. The molecule has 5 heteroatoms. The summed E-state index contributed by atoms with van der Waals surface area (Å²) in [6.45, 7) is 3.02. The van der Waals surface area contributed by atoms with Crippen LogP contribution in [0, 0.1) is 0 Å². The molecule has 2 rings (SSSR count). The van der Waals surface area contributed by atoms with Gasteiger partial charge in [0, 0.05) is 18.5 Å². The monoisotopic (exact) mass is 264 g/mol. The van der Waals surface area contributed by atoms with Crippen molar-refractivity contribution in [3.8, 4) is 0 Å². The molecule has 0 atom stereocenters. The number of hydrogen-bond acceptors (Lipinski definition) is 4. The number of anilines is 2. The second-order valence-electron chi connectivity index (χ2n) is 4.34. The Morgan fingerprint density at radius 1 is 1.44 bits per heavy atom. The molecule has 4 nitrogen and oxygen atoms in total. The van der Waals surface area contributed by atoms with Gasteiger partial charge >= 0.3 is 0 Å². The van der Waals surface area contributed by atoms with E-state index in [-0.39, 0.29) is 0 Å². The Balaban J connectivity index is 1.96. The summed E-state index contributed by atoms with van der Waals surface area (Å²) < 4.78 is 1.84. The first-order valence-corrected chi connectivity index (χ1v) is 7.18. The van der Waals surface area contributed by atoms with Gasteiger partial charge in [0.1, 0.15) is 5.82 Å². The highest BCUT2D eigenvalue weighted by molar-refractivity contribution is 7.09. The van der Waals surface area contributed by atoms with Gasteiger partial charge in [0.05, 0.1) is 11.4 Å². The Morgan fingerprint density at radius 3 is 2.94 bits per heavy atom. The van der Waals surface area contributed by atoms with Crippen LogP contribution in [-0.4, -0.2) is 16.3 Å². The predicted molar refractivity (Wildman–Crippen MR) is 78.1 cm³/mol. The van der Waals surface area contributed by atoms with E-state index in [1.165, 1.54) is 4.88 Å². The lowest BCUT2D eigenvalue weighted by Crippen LogP contribution is -2.09. The molecule has 0 unspecified atom stereocenters. The Labute approximate surface area is 112 Å². The van der Waals surface area contributed by atoms with E-state index in [4.69, 9.17) is 5.73 Å². The summed E-state index contributed by atoms with van der Waals surface area (Å²) in [5, 5.41) is 9.93. The first-order chi connectivity index (χ1) is 8.72. The van der Waals surface area contributed by atoms with Crippen LogP contribution in [0.1, 0.15) is 23.9 Å². The lowest BCUT2D eigenvalue weighted by Gasteiger charge is -2.06. The van der Waals surface area contributed by atoms with Crippen molar-refractivity contribution in [2.75, 3.05) is 17.6 Å². The molecule has 3 N–H and O–H groups in total. The molecule has 0 saturated heterocycles. The van der Waals surface area contributed by atoms with Crippen molar-refractivity contribution >= 4 is 22.8 Å². The van der Waals surface area contributed by atoms with E-state index in [2.05, 4.69) is 34.9 Å². The molecule has 18 heavy (non-hydrogen) atoms. The van der Waals surface area contributed by atoms with Crippen LogP contribution < -0.4 is 11.1 Å². The smallest absolute Gasteiger partial charge is 0.147 e. The van der Waals surface area contributed by atoms with Gasteiger partial charge in [0.25, 0.3) is 0 Å². The Bertz CT molecular complexity index is 487. The molecule has 0 aliphatic rings. The highest BCUT2D eigenvalue weighted by Gasteiger charge is 2.11. The summed E-state index contributed by atoms with van der Waals surface area (Å²) >= 11 is 1.79. The van der Waals surface area contributed by atoms with Gasteiger partial charge in [-0.1, -0.05) is 19.4 Å². The molecule has 2 aromatic heterocycles. The maximum Gasteiger partial charge on any atom is 0.147 e. The van der Waals surface area contributed by atoms with Crippen LogP contribution in [-0.2, 0) is 19.9 Å². The number of nitrogens with two attached hydrogens (primary N) is 1. The van der Waals surface area contributed by atoms with Crippen LogP contribution in [0.15, 0.2) is 17.5 Å². The van der Waals surface area contributed by atoms with Crippen molar-refractivity contribution in [2.45, 2.75) is 26.2 Å². The summed E-state index contributed by atoms with van der Waals surface area (Å²) in [4.78, 5) is 1.39. The summed E-state index contributed by atoms with van der Waals surface area (Å²) in [6, 6.07) is 4.24. The van der Waals surface area contributed by atoms with E-state index < -0.39 is 0 Å². The number of nitrogens with zero attached hydrogens (tertiary/aromatic N) is 2. The largest absolute Gasteiger partial charge is 0.394 e. The molecule has 0 bridgehead atoms. The van der Waals surface area contributed by atoms with Gasteiger partial charge in [-0.05, 0) is 24.3 Å². The minimum atomic E-state index is 0.797. The number of aromatic nitrogens is 2. The maximum atomic E-state index is 6.11. The number of nitrogen functional groups attached to an aromatic ring is 1. The first kappa shape index (κ1) is 13.0. The molecule has 98 valence electrons. The Kier molecular flexibility index (Phi) is 4.25. The van der Waals surface area contributed by atoms with Crippen molar-refractivity contribution in [3.05, 3.63) is 28.1 Å². The fourth-order valence-corrected chi connectivity index (χ4v) is 2.69. The number of nitrogens with one attached hydrogen (secondary N) is 1. The average Bonchev–Trinajstić information content (AvgIpc) is 2.93. The van der Waals surface area contributed by atoms with Crippen LogP contribution in [0.3, 0.4) is 0 Å². The molecule has 0 spiro atoms. The summed E-state index contributed by atoms with van der Waals surface area (Å²) in [7, 11) is 1.93. The number of thiophene rings is 1. The fraction of sp³-hybridized carbons (Fsp3) is 0.462. The molecule has 0 fully saturated rings. The molecule has 0 aliphatic carbocycles. The number of hydrogen-bond donors (Lipinski definition) is 2. The van der Waals surface area contributed by atoms with Crippen molar-refractivity contribution in [1.82, 2.24) is 9.78 Å². The van der Waals surface area contributed by atoms with Gasteiger partial charge in [-0.25, -0.2) is 0 Å². The lowest BCUT2D eigenvalue weighted by atomic mass is 10.2. The van der Waals surface area contributed by atoms with Crippen LogP contribution in [0.25, 0.3) is 0 Å². The SMILES string of the molecule is CCCc1nn(C)c(NCCc2cccs2)c1N. The van der Waals surface area contributed by atoms with Crippen LogP contribution in [0.5, 0.6) is 0 Å². The summed E-state index contributed by atoms with van der Waals surface area (Å²) in [5.41, 5.74) is 7.90. The first-order valence-electron chi connectivity index (χ1n) is 6.30. The van der Waals surface area contributed by atoms with E-state index in [1.807, 2.05) is 11.7 Å². The quantitative estimate of drug-likeness (QED) is 0.843. The van der Waals surface area contributed by atoms with Crippen LogP contribution >= 0.6 is 11.3 Å². The third-order valence-electron chi connectivity index (χ3n) is 2.89. The molecular weight excluding hydrogens is 244 g/mol. The van der Waals surface area contributed by atoms with Crippen LogP contribution in [0.2, 0.25) is 0 Å². The van der Waals surface area contributed by atoms with Gasteiger partial charge in [0.15, 0.2) is 0 Å². The molecule has 0 aromatic carbocycles. The van der Waals surface area contributed by atoms with Crippen molar-refractivity contribution in [1.29, 1.82) is 0 Å². The van der Waals surface area contributed by atoms with Gasteiger partial charge in [-0.15, -0.1) is 11.3 Å². The zero-order valence-electron chi connectivity index (χ0n) is 10.9. The summed E-state index contributed by atoms with van der Waals surface area (Å²) in [5.74, 6) is 0.940. The third-order valence-corrected chi connectivity index (χ3v) is 3.83. The van der Waals surface area contributed by atoms with Gasteiger partial charge < -0.3 is 11.1 Å². The van der Waals surface area contributed by atoms with Gasteiger partial charge in [0.2, 0.25) is 0 Å².